The molecule has 0 N–H and O–H groups in total. The Morgan fingerprint density at radius 2 is 2.25 bits per heavy atom. The predicted octanol–water partition coefficient (Wildman–Crippen LogP) is 2.17. The first kappa shape index (κ1) is 11.9. The average Bonchev–Trinajstić information content (AvgIpc) is 3.09. The lowest BCUT2D eigenvalue weighted by molar-refractivity contribution is 0.707. The van der Waals surface area contributed by atoms with Crippen LogP contribution in [0.2, 0.25) is 0 Å². The highest BCUT2D eigenvalue weighted by molar-refractivity contribution is 7.20. The van der Waals surface area contributed by atoms with Crippen molar-refractivity contribution in [2.75, 3.05) is 11.4 Å². The third kappa shape index (κ3) is 1.81. The first-order valence-corrected chi connectivity index (χ1v) is 7.60. The number of fused-ring (bicyclic) bond motifs is 1. The van der Waals surface area contributed by atoms with Crippen LogP contribution in [0.4, 0.5) is 5.13 Å². The van der Waals surface area contributed by atoms with Gasteiger partial charge in [0, 0.05) is 25.4 Å². The third-order valence-corrected chi connectivity index (χ3v) is 4.72. The summed E-state index contributed by atoms with van der Waals surface area (Å²) >= 11 is 1.66. The van der Waals surface area contributed by atoms with Crippen molar-refractivity contribution >= 4 is 21.4 Å². The Kier molecular flexibility index (Phi) is 2.56. The SMILES string of the molecule is Cc1cn2nc(N3CCCC3c3cnn(C)c3)sc2n1. The standard InChI is InChI=1S/C13H16N6S/c1-9-7-19-12(15-9)20-13(16-19)18-5-3-4-11(18)10-6-14-17(2)8-10/h6-8,11H,3-5H2,1-2H3. The normalized spacial score (nSPS) is 19.3. The van der Waals surface area contributed by atoms with Crippen molar-refractivity contribution < 1.29 is 0 Å². The van der Waals surface area contributed by atoms with E-state index < -0.39 is 0 Å². The zero-order valence-corrected chi connectivity index (χ0v) is 12.3. The topological polar surface area (TPSA) is 51.2 Å². The molecule has 0 aliphatic carbocycles. The Morgan fingerprint density at radius 1 is 1.35 bits per heavy atom. The summed E-state index contributed by atoms with van der Waals surface area (Å²) in [4.78, 5) is 7.83. The minimum absolute atomic E-state index is 0.389. The highest BCUT2D eigenvalue weighted by Gasteiger charge is 2.29. The van der Waals surface area contributed by atoms with Crippen molar-refractivity contribution in [2.24, 2.45) is 7.05 Å². The third-order valence-electron chi connectivity index (χ3n) is 3.76. The Labute approximate surface area is 120 Å². The first-order chi connectivity index (χ1) is 9.70. The molecular formula is C13H16N6S. The molecule has 4 heterocycles. The zero-order chi connectivity index (χ0) is 13.7. The van der Waals surface area contributed by atoms with E-state index in [0.717, 1.165) is 28.8 Å². The summed E-state index contributed by atoms with van der Waals surface area (Å²) in [6.45, 7) is 3.05. The fraction of sp³-hybridized carbons (Fsp3) is 0.462. The van der Waals surface area contributed by atoms with E-state index in [1.807, 2.05) is 35.6 Å². The maximum Gasteiger partial charge on any atom is 0.214 e. The van der Waals surface area contributed by atoms with Crippen LogP contribution in [0.25, 0.3) is 4.96 Å². The number of anilines is 1. The second-order valence-corrected chi connectivity index (χ2v) is 6.23. The number of hydrogen-bond acceptors (Lipinski definition) is 5. The minimum Gasteiger partial charge on any atom is -0.339 e. The summed E-state index contributed by atoms with van der Waals surface area (Å²) in [7, 11) is 1.96. The summed E-state index contributed by atoms with van der Waals surface area (Å²) in [6.07, 6.45) is 8.40. The average molecular weight is 288 g/mol. The molecule has 0 bridgehead atoms. The van der Waals surface area contributed by atoms with Crippen molar-refractivity contribution in [2.45, 2.75) is 25.8 Å². The fourth-order valence-electron chi connectivity index (χ4n) is 2.87. The Hall–Kier alpha value is -1.89. The minimum atomic E-state index is 0.389. The molecule has 1 aliphatic heterocycles. The summed E-state index contributed by atoms with van der Waals surface area (Å²) in [5, 5.41) is 10.0. The molecule has 6 nitrogen and oxygen atoms in total. The van der Waals surface area contributed by atoms with Crippen LogP contribution in [0, 0.1) is 6.92 Å². The van der Waals surface area contributed by atoms with Crippen LogP contribution in [0.15, 0.2) is 18.6 Å². The van der Waals surface area contributed by atoms with Gasteiger partial charge >= 0.3 is 0 Å². The van der Waals surface area contributed by atoms with Crippen LogP contribution in [0.1, 0.15) is 30.1 Å². The molecule has 0 saturated carbocycles. The molecule has 0 amide bonds. The van der Waals surface area contributed by atoms with Gasteiger partial charge in [0.15, 0.2) is 0 Å². The second-order valence-electron chi connectivity index (χ2n) is 5.29. The van der Waals surface area contributed by atoms with Gasteiger partial charge in [-0.2, -0.15) is 5.10 Å². The van der Waals surface area contributed by atoms with Crippen LogP contribution in [-0.4, -0.2) is 30.9 Å². The van der Waals surface area contributed by atoms with E-state index in [0.29, 0.717) is 6.04 Å². The lowest BCUT2D eigenvalue weighted by Crippen LogP contribution is -2.22. The van der Waals surface area contributed by atoms with Crippen LogP contribution < -0.4 is 4.90 Å². The molecule has 3 aromatic rings. The molecule has 104 valence electrons. The number of aromatic nitrogens is 5. The second kappa shape index (κ2) is 4.31. The molecule has 0 radical (unpaired) electrons. The van der Waals surface area contributed by atoms with Crippen LogP contribution in [0.5, 0.6) is 0 Å². The van der Waals surface area contributed by atoms with E-state index >= 15 is 0 Å². The summed E-state index contributed by atoms with van der Waals surface area (Å²) in [6, 6.07) is 0.389. The molecule has 1 aliphatic rings. The maximum atomic E-state index is 4.67. The molecule has 1 fully saturated rings. The molecule has 1 unspecified atom stereocenters. The monoisotopic (exact) mass is 288 g/mol. The smallest absolute Gasteiger partial charge is 0.214 e. The van der Waals surface area contributed by atoms with E-state index in [1.165, 1.54) is 12.0 Å². The van der Waals surface area contributed by atoms with Crippen LogP contribution in [0.3, 0.4) is 0 Å². The van der Waals surface area contributed by atoms with Gasteiger partial charge in [-0.1, -0.05) is 11.3 Å². The van der Waals surface area contributed by atoms with E-state index in [-0.39, 0.29) is 0 Å². The molecule has 3 aromatic heterocycles. The number of imidazole rings is 1. The number of hydrogen-bond donors (Lipinski definition) is 0. The van der Waals surface area contributed by atoms with Crippen molar-refractivity contribution in [1.29, 1.82) is 0 Å². The highest BCUT2D eigenvalue weighted by Crippen LogP contribution is 2.37. The van der Waals surface area contributed by atoms with Gasteiger partial charge in [-0.25, -0.2) is 9.50 Å². The summed E-state index contributed by atoms with van der Waals surface area (Å²) < 4.78 is 3.75. The Balaban J connectivity index is 1.70. The van der Waals surface area contributed by atoms with Gasteiger partial charge in [0.05, 0.1) is 24.1 Å². The molecule has 20 heavy (non-hydrogen) atoms. The van der Waals surface area contributed by atoms with Gasteiger partial charge in [0.2, 0.25) is 10.1 Å². The van der Waals surface area contributed by atoms with E-state index in [4.69, 9.17) is 0 Å². The largest absolute Gasteiger partial charge is 0.339 e. The molecule has 0 spiro atoms. The van der Waals surface area contributed by atoms with Crippen molar-refractivity contribution in [3.05, 3.63) is 29.8 Å². The molecule has 1 saturated heterocycles. The van der Waals surface area contributed by atoms with Gasteiger partial charge in [0.25, 0.3) is 0 Å². The Bertz CT molecular complexity index is 722. The van der Waals surface area contributed by atoms with Crippen LogP contribution in [-0.2, 0) is 7.05 Å². The quantitative estimate of drug-likeness (QED) is 0.725. The fourth-order valence-corrected chi connectivity index (χ4v) is 3.87. The van der Waals surface area contributed by atoms with Crippen LogP contribution >= 0.6 is 11.3 Å². The molecular weight excluding hydrogens is 272 g/mol. The summed E-state index contributed by atoms with van der Waals surface area (Å²) in [5.74, 6) is 0. The number of nitrogens with zero attached hydrogens (tertiary/aromatic N) is 6. The lowest BCUT2D eigenvalue weighted by atomic mass is 10.1. The molecule has 7 heteroatoms. The lowest BCUT2D eigenvalue weighted by Gasteiger charge is -2.22. The number of rotatable bonds is 2. The summed E-state index contributed by atoms with van der Waals surface area (Å²) in [5.41, 5.74) is 2.29. The van der Waals surface area contributed by atoms with Gasteiger partial charge in [-0.05, 0) is 19.8 Å². The van der Waals surface area contributed by atoms with E-state index in [9.17, 15) is 0 Å². The van der Waals surface area contributed by atoms with Gasteiger partial charge in [-0.3, -0.25) is 4.68 Å². The van der Waals surface area contributed by atoms with Gasteiger partial charge in [-0.15, -0.1) is 5.10 Å². The number of aryl methyl sites for hydroxylation is 2. The Morgan fingerprint density at radius 3 is 3.00 bits per heavy atom. The van der Waals surface area contributed by atoms with E-state index in [2.05, 4.69) is 26.3 Å². The van der Waals surface area contributed by atoms with Crippen molar-refractivity contribution in [3.8, 4) is 0 Å². The van der Waals surface area contributed by atoms with Crippen molar-refractivity contribution in [1.82, 2.24) is 24.4 Å². The van der Waals surface area contributed by atoms with E-state index in [1.54, 1.807) is 11.3 Å². The van der Waals surface area contributed by atoms with Gasteiger partial charge < -0.3 is 4.90 Å². The molecule has 0 aromatic carbocycles. The zero-order valence-electron chi connectivity index (χ0n) is 11.5. The van der Waals surface area contributed by atoms with Crippen molar-refractivity contribution in [3.63, 3.8) is 0 Å². The highest BCUT2D eigenvalue weighted by atomic mass is 32.1. The first-order valence-electron chi connectivity index (χ1n) is 6.79. The predicted molar refractivity (Wildman–Crippen MR) is 78.1 cm³/mol. The molecule has 1 atom stereocenters. The maximum absolute atomic E-state index is 4.67. The van der Waals surface area contributed by atoms with Gasteiger partial charge in [0.1, 0.15) is 0 Å². The molecule has 4 rings (SSSR count).